The Balaban J connectivity index is 1.75. The van der Waals surface area contributed by atoms with Gasteiger partial charge < -0.3 is 44.0 Å². The predicted molar refractivity (Wildman–Crippen MR) is 92.9 cm³/mol. The van der Waals surface area contributed by atoms with E-state index in [1.54, 1.807) is 18.3 Å². The van der Waals surface area contributed by atoms with Gasteiger partial charge in [0.1, 0.15) is 41.9 Å². The van der Waals surface area contributed by atoms with Gasteiger partial charge in [-0.15, -0.1) is 0 Å². The first kappa shape index (κ1) is 18.3. The molecule has 4 heterocycles. The molecule has 0 aliphatic carbocycles. The number of nitrogens with two attached hydrogens (primary N) is 1. The first-order valence-electron chi connectivity index (χ1n) is 7.94. The van der Waals surface area contributed by atoms with E-state index in [0.29, 0.717) is 22.4 Å². The summed E-state index contributed by atoms with van der Waals surface area (Å²) in [6, 6.07) is 3.46. The van der Waals surface area contributed by atoms with Crippen LogP contribution in [0.25, 0.3) is 22.4 Å². The molecule has 1 aliphatic rings. The molecule has 0 radical (unpaired) electrons. The smallest absolute Gasteiger partial charge is 0.327 e. The minimum Gasteiger partial charge on any atom is -0.464 e. The van der Waals surface area contributed by atoms with Gasteiger partial charge in [0, 0.05) is 11.8 Å². The summed E-state index contributed by atoms with van der Waals surface area (Å²) in [7, 11) is -2.60. The van der Waals surface area contributed by atoms with Crippen LogP contribution >= 0.6 is 8.60 Å². The van der Waals surface area contributed by atoms with Crippen LogP contribution in [0.2, 0.25) is 0 Å². The van der Waals surface area contributed by atoms with E-state index in [1.165, 1.54) is 17.2 Å². The van der Waals surface area contributed by atoms with Crippen molar-refractivity contribution < 1.29 is 33.7 Å². The van der Waals surface area contributed by atoms with E-state index in [4.69, 9.17) is 29.2 Å². The number of anilines is 1. The molecular formula is C15H17N4O7P. The average Bonchev–Trinajstić information content (AvgIpc) is 3.34. The molecule has 1 aliphatic heterocycles. The number of rotatable bonds is 5. The number of nitrogen functional groups attached to an aromatic ring is 1. The summed E-state index contributed by atoms with van der Waals surface area (Å²) in [4.78, 5) is 26.0. The van der Waals surface area contributed by atoms with E-state index in [1.807, 2.05) is 0 Å². The Morgan fingerprint density at radius 1 is 1.26 bits per heavy atom. The second kappa shape index (κ2) is 7.13. The lowest BCUT2D eigenvalue weighted by molar-refractivity contribution is -0.0482. The molecular weight excluding hydrogens is 379 g/mol. The van der Waals surface area contributed by atoms with Gasteiger partial charge >= 0.3 is 8.60 Å². The molecule has 4 unspecified atom stereocenters. The number of fused-ring (bicyclic) bond motifs is 1. The number of hydrogen-bond acceptors (Lipinski definition) is 10. The van der Waals surface area contributed by atoms with Crippen LogP contribution in [0.5, 0.6) is 0 Å². The molecule has 0 spiro atoms. The lowest BCUT2D eigenvalue weighted by Crippen LogP contribution is -2.33. The van der Waals surface area contributed by atoms with Crippen molar-refractivity contribution in [2.24, 2.45) is 0 Å². The maximum absolute atomic E-state index is 10.4. The van der Waals surface area contributed by atoms with Crippen molar-refractivity contribution in [2.75, 3.05) is 12.3 Å². The number of nitrogens with zero attached hydrogens (tertiary/aromatic N) is 3. The van der Waals surface area contributed by atoms with Crippen LogP contribution in [0.1, 0.15) is 6.23 Å². The van der Waals surface area contributed by atoms with Crippen molar-refractivity contribution in [3.63, 3.8) is 0 Å². The molecule has 3 aromatic rings. The van der Waals surface area contributed by atoms with E-state index in [-0.39, 0.29) is 12.4 Å². The first-order chi connectivity index (χ1) is 13.0. The minimum atomic E-state index is -2.60. The Kier molecular flexibility index (Phi) is 4.82. The standard InChI is InChI=1S/C15H17N4O7P/c16-13-10-7(8-2-1-3-24-8)4-19(14(10)18-6-17-13)15-12(21)11(20)9(26-15)5-25-27(22)23/h1-4,6,9,11-12,15,20-23H,5H2,(H2,16,17,18). The summed E-state index contributed by atoms with van der Waals surface area (Å²) in [5, 5.41) is 21.2. The Morgan fingerprint density at radius 2 is 2.07 bits per heavy atom. The van der Waals surface area contributed by atoms with Gasteiger partial charge in [0.25, 0.3) is 0 Å². The molecule has 6 N–H and O–H groups in total. The highest BCUT2D eigenvalue weighted by atomic mass is 31.2. The first-order valence-corrected chi connectivity index (χ1v) is 9.11. The van der Waals surface area contributed by atoms with Crippen LogP contribution in [-0.4, -0.2) is 59.5 Å². The fourth-order valence-electron chi connectivity index (χ4n) is 3.16. The summed E-state index contributed by atoms with van der Waals surface area (Å²) >= 11 is 0. The van der Waals surface area contributed by atoms with Crippen molar-refractivity contribution in [3.05, 3.63) is 30.9 Å². The predicted octanol–water partition coefficient (Wildman–Crippen LogP) is 0.121. The number of ether oxygens (including phenoxy) is 1. The summed E-state index contributed by atoms with van der Waals surface area (Å²) in [5.41, 5.74) is 7.00. The monoisotopic (exact) mass is 396 g/mol. The zero-order chi connectivity index (χ0) is 19.1. The zero-order valence-electron chi connectivity index (χ0n) is 13.8. The van der Waals surface area contributed by atoms with Gasteiger partial charge in [0.05, 0.1) is 18.3 Å². The van der Waals surface area contributed by atoms with E-state index in [9.17, 15) is 10.2 Å². The van der Waals surface area contributed by atoms with Crippen molar-refractivity contribution in [2.45, 2.75) is 24.5 Å². The molecule has 1 fully saturated rings. The largest absolute Gasteiger partial charge is 0.464 e. The molecule has 0 aromatic carbocycles. The number of aliphatic hydroxyl groups excluding tert-OH is 2. The van der Waals surface area contributed by atoms with Crippen LogP contribution in [0, 0.1) is 0 Å². The number of hydrogen-bond donors (Lipinski definition) is 5. The molecule has 27 heavy (non-hydrogen) atoms. The molecule has 0 saturated carbocycles. The molecule has 4 rings (SSSR count). The van der Waals surface area contributed by atoms with Crippen LogP contribution in [-0.2, 0) is 9.26 Å². The van der Waals surface area contributed by atoms with Crippen LogP contribution < -0.4 is 5.73 Å². The Labute approximate surface area is 153 Å². The van der Waals surface area contributed by atoms with Gasteiger partial charge in [-0.25, -0.2) is 9.97 Å². The molecule has 0 bridgehead atoms. The average molecular weight is 396 g/mol. The third kappa shape index (κ3) is 3.19. The highest BCUT2D eigenvalue weighted by Gasteiger charge is 2.45. The Hall–Kier alpha value is -2.11. The quantitative estimate of drug-likeness (QED) is 0.373. The molecule has 12 heteroatoms. The van der Waals surface area contributed by atoms with Crippen LogP contribution in [0.4, 0.5) is 5.82 Å². The normalized spacial score (nSPS) is 25.7. The van der Waals surface area contributed by atoms with Gasteiger partial charge in [-0.3, -0.25) is 0 Å². The van der Waals surface area contributed by atoms with Crippen molar-refractivity contribution >= 4 is 25.5 Å². The SMILES string of the molecule is Nc1ncnc2c1c(-c1ccco1)cn2C1OC(COP(O)O)C(O)C1O. The summed E-state index contributed by atoms with van der Waals surface area (Å²) in [6.07, 6.45) is -0.131. The topological polar surface area (TPSA) is 169 Å². The van der Waals surface area contributed by atoms with Gasteiger partial charge in [-0.1, -0.05) is 0 Å². The molecule has 0 amide bonds. The Bertz CT molecular complexity index is 932. The van der Waals surface area contributed by atoms with E-state index in [0.717, 1.165) is 0 Å². The second-order valence-electron chi connectivity index (χ2n) is 5.98. The number of aliphatic hydroxyl groups is 2. The number of furan rings is 1. The highest BCUT2D eigenvalue weighted by molar-refractivity contribution is 7.39. The molecule has 11 nitrogen and oxygen atoms in total. The third-order valence-electron chi connectivity index (χ3n) is 4.39. The van der Waals surface area contributed by atoms with E-state index in [2.05, 4.69) is 9.97 Å². The minimum absolute atomic E-state index is 0.226. The zero-order valence-corrected chi connectivity index (χ0v) is 14.7. The Morgan fingerprint density at radius 3 is 2.78 bits per heavy atom. The highest BCUT2D eigenvalue weighted by Crippen LogP contribution is 2.39. The second-order valence-corrected chi connectivity index (χ2v) is 6.74. The van der Waals surface area contributed by atoms with Crippen molar-refractivity contribution in [1.82, 2.24) is 14.5 Å². The molecule has 1 saturated heterocycles. The van der Waals surface area contributed by atoms with Gasteiger partial charge in [-0.05, 0) is 12.1 Å². The third-order valence-corrected chi connectivity index (χ3v) is 4.77. The summed E-state index contributed by atoms with van der Waals surface area (Å²) in [6.45, 7) is -0.297. The van der Waals surface area contributed by atoms with Crippen LogP contribution in [0.15, 0.2) is 35.3 Å². The molecule has 144 valence electrons. The van der Waals surface area contributed by atoms with E-state index >= 15 is 0 Å². The fraction of sp³-hybridized carbons (Fsp3) is 0.333. The van der Waals surface area contributed by atoms with E-state index < -0.39 is 33.1 Å². The van der Waals surface area contributed by atoms with Gasteiger partial charge in [0.2, 0.25) is 0 Å². The van der Waals surface area contributed by atoms with Gasteiger partial charge in [0.15, 0.2) is 6.23 Å². The fourth-order valence-corrected chi connectivity index (χ4v) is 3.44. The maximum atomic E-state index is 10.4. The molecule has 3 aromatic heterocycles. The summed E-state index contributed by atoms with van der Waals surface area (Å²) < 4.78 is 17.4. The molecule has 4 atom stereocenters. The van der Waals surface area contributed by atoms with Crippen molar-refractivity contribution in [3.8, 4) is 11.3 Å². The maximum Gasteiger partial charge on any atom is 0.327 e. The number of aromatic nitrogens is 3. The van der Waals surface area contributed by atoms with Crippen molar-refractivity contribution in [1.29, 1.82) is 0 Å². The van der Waals surface area contributed by atoms with Gasteiger partial charge in [-0.2, -0.15) is 0 Å². The van der Waals surface area contributed by atoms with Crippen LogP contribution in [0.3, 0.4) is 0 Å². The summed E-state index contributed by atoms with van der Waals surface area (Å²) in [5.74, 6) is 0.753. The lowest BCUT2D eigenvalue weighted by atomic mass is 10.1. The lowest BCUT2D eigenvalue weighted by Gasteiger charge is -2.17.